The summed E-state index contributed by atoms with van der Waals surface area (Å²) in [5, 5.41) is 3.35. The monoisotopic (exact) mass is 379 g/mol. The predicted molar refractivity (Wildman–Crippen MR) is 101 cm³/mol. The van der Waals surface area contributed by atoms with Gasteiger partial charge in [-0.25, -0.2) is 0 Å². The van der Waals surface area contributed by atoms with Gasteiger partial charge in [0.25, 0.3) is 10.2 Å². The van der Waals surface area contributed by atoms with Gasteiger partial charge in [-0.15, -0.1) is 0 Å². The molecule has 1 saturated carbocycles. The van der Waals surface area contributed by atoms with Crippen LogP contribution >= 0.6 is 0 Å². The van der Waals surface area contributed by atoms with E-state index in [2.05, 4.69) is 5.32 Å². The molecule has 0 bridgehead atoms. The highest BCUT2D eigenvalue weighted by atomic mass is 32.2. The SMILES string of the molecule is CNC1CCC2(CC1)CN(S(=O)(=O)N1CCCC1)Cc1ccccc1O2. The van der Waals surface area contributed by atoms with E-state index in [0.717, 1.165) is 49.8 Å². The lowest BCUT2D eigenvalue weighted by Crippen LogP contribution is -2.53. The molecule has 1 aromatic carbocycles. The lowest BCUT2D eigenvalue weighted by molar-refractivity contribution is 0.0130. The Balaban J connectivity index is 1.67. The van der Waals surface area contributed by atoms with E-state index in [1.807, 2.05) is 31.3 Å². The topological polar surface area (TPSA) is 61.9 Å². The zero-order chi connectivity index (χ0) is 18.2. The average Bonchev–Trinajstić information content (AvgIpc) is 3.14. The molecule has 1 saturated heterocycles. The number of para-hydroxylation sites is 1. The number of fused-ring (bicyclic) bond motifs is 1. The van der Waals surface area contributed by atoms with Gasteiger partial charge in [-0.1, -0.05) is 18.2 Å². The van der Waals surface area contributed by atoms with Crippen molar-refractivity contribution in [3.05, 3.63) is 29.8 Å². The number of benzene rings is 1. The molecule has 1 aromatic rings. The maximum Gasteiger partial charge on any atom is 0.282 e. The number of nitrogens with zero attached hydrogens (tertiary/aromatic N) is 2. The van der Waals surface area contributed by atoms with Gasteiger partial charge in [-0.2, -0.15) is 17.0 Å². The first-order chi connectivity index (χ1) is 12.5. The normalized spacial score (nSPS) is 30.7. The minimum absolute atomic E-state index is 0.395. The first-order valence-corrected chi connectivity index (χ1v) is 11.1. The Hall–Kier alpha value is -1.15. The Kier molecular flexibility index (Phi) is 4.98. The Morgan fingerprint density at radius 1 is 1.12 bits per heavy atom. The smallest absolute Gasteiger partial charge is 0.282 e. The van der Waals surface area contributed by atoms with Crippen molar-refractivity contribution in [1.82, 2.24) is 13.9 Å². The molecule has 2 fully saturated rings. The summed E-state index contributed by atoms with van der Waals surface area (Å²) >= 11 is 0. The molecule has 0 amide bonds. The highest BCUT2D eigenvalue weighted by molar-refractivity contribution is 7.86. The van der Waals surface area contributed by atoms with Gasteiger partial charge < -0.3 is 10.1 Å². The number of hydrogen-bond acceptors (Lipinski definition) is 4. The largest absolute Gasteiger partial charge is 0.486 e. The minimum atomic E-state index is -3.45. The van der Waals surface area contributed by atoms with Gasteiger partial charge in [0, 0.05) is 31.2 Å². The van der Waals surface area contributed by atoms with Gasteiger partial charge in [0.05, 0.1) is 6.54 Å². The van der Waals surface area contributed by atoms with Crippen LogP contribution in [0.15, 0.2) is 24.3 Å². The molecule has 6 nitrogen and oxygen atoms in total. The van der Waals surface area contributed by atoms with Gasteiger partial charge in [-0.3, -0.25) is 0 Å². The van der Waals surface area contributed by atoms with E-state index >= 15 is 0 Å². The third-order valence-electron chi connectivity index (χ3n) is 6.13. The van der Waals surface area contributed by atoms with Crippen molar-refractivity contribution in [2.75, 3.05) is 26.7 Å². The molecule has 1 aliphatic carbocycles. The zero-order valence-electron chi connectivity index (χ0n) is 15.5. The molecule has 2 heterocycles. The molecule has 0 aromatic heterocycles. The third kappa shape index (κ3) is 3.38. The summed E-state index contributed by atoms with van der Waals surface area (Å²) in [6.07, 6.45) is 5.68. The summed E-state index contributed by atoms with van der Waals surface area (Å²) in [6, 6.07) is 8.38. The second-order valence-electron chi connectivity index (χ2n) is 7.84. The molecule has 0 atom stereocenters. The fraction of sp³-hybridized carbons (Fsp3) is 0.684. The lowest BCUT2D eigenvalue weighted by Gasteiger charge is -2.41. The molecular formula is C19H29N3O3S. The molecule has 3 aliphatic rings. The summed E-state index contributed by atoms with van der Waals surface area (Å²) in [7, 11) is -1.46. The first-order valence-electron chi connectivity index (χ1n) is 9.72. The van der Waals surface area contributed by atoms with Crippen LogP contribution in [0.4, 0.5) is 0 Å². The molecule has 26 heavy (non-hydrogen) atoms. The highest BCUT2D eigenvalue weighted by Gasteiger charge is 2.45. The Morgan fingerprint density at radius 3 is 2.50 bits per heavy atom. The van der Waals surface area contributed by atoms with Crippen molar-refractivity contribution >= 4 is 10.2 Å². The van der Waals surface area contributed by atoms with Gasteiger partial charge >= 0.3 is 0 Å². The fourth-order valence-corrected chi connectivity index (χ4v) is 6.25. The van der Waals surface area contributed by atoms with E-state index in [-0.39, 0.29) is 0 Å². The standard InChI is InChI=1S/C19H29N3O3S/c1-20-17-8-10-19(11-9-17)15-22(26(23,24)21-12-4-5-13-21)14-16-6-2-3-7-18(16)25-19/h2-3,6-7,17,20H,4-5,8-15H2,1H3. The number of rotatable bonds is 3. The lowest BCUT2D eigenvalue weighted by atomic mass is 9.82. The quantitative estimate of drug-likeness (QED) is 0.874. The van der Waals surface area contributed by atoms with Crippen LogP contribution in [0.2, 0.25) is 0 Å². The molecule has 0 radical (unpaired) electrons. The van der Waals surface area contributed by atoms with Crippen molar-refractivity contribution in [3.8, 4) is 5.75 Å². The van der Waals surface area contributed by atoms with Gasteiger partial charge in [0.2, 0.25) is 0 Å². The molecule has 4 rings (SSSR count). The van der Waals surface area contributed by atoms with E-state index in [4.69, 9.17) is 4.74 Å². The number of hydrogen-bond donors (Lipinski definition) is 1. The summed E-state index contributed by atoms with van der Waals surface area (Å²) in [6.45, 7) is 2.11. The van der Waals surface area contributed by atoms with Crippen molar-refractivity contribution in [1.29, 1.82) is 0 Å². The predicted octanol–water partition coefficient (Wildman–Crippen LogP) is 2.12. The molecular weight excluding hydrogens is 350 g/mol. The molecule has 0 unspecified atom stereocenters. The molecule has 1 spiro atoms. The van der Waals surface area contributed by atoms with Gasteiger partial charge in [0.1, 0.15) is 11.4 Å². The number of ether oxygens (including phenoxy) is 1. The minimum Gasteiger partial charge on any atom is -0.486 e. The first kappa shape index (κ1) is 18.2. The molecule has 144 valence electrons. The van der Waals surface area contributed by atoms with Crippen LogP contribution < -0.4 is 10.1 Å². The molecule has 2 aliphatic heterocycles. The maximum absolute atomic E-state index is 13.3. The van der Waals surface area contributed by atoms with Crippen LogP contribution in [-0.2, 0) is 16.8 Å². The Bertz CT molecular complexity index is 738. The average molecular weight is 380 g/mol. The third-order valence-corrected chi connectivity index (χ3v) is 8.06. The van der Waals surface area contributed by atoms with Crippen LogP contribution in [0.1, 0.15) is 44.1 Å². The van der Waals surface area contributed by atoms with E-state index < -0.39 is 15.8 Å². The Labute approximate surface area is 156 Å². The Morgan fingerprint density at radius 2 is 1.81 bits per heavy atom. The number of nitrogens with one attached hydrogen (secondary N) is 1. The van der Waals surface area contributed by atoms with Crippen LogP contribution in [0.25, 0.3) is 0 Å². The molecule has 7 heteroatoms. The summed E-state index contributed by atoms with van der Waals surface area (Å²) in [4.78, 5) is 0. The van der Waals surface area contributed by atoms with Gasteiger partial charge in [0.15, 0.2) is 0 Å². The van der Waals surface area contributed by atoms with Crippen LogP contribution in [-0.4, -0.2) is 55.4 Å². The zero-order valence-corrected chi connectivity index (χ0v) is 16.3. The van der Waals surface area contributed by atoms with E-state index in [1.165, 1.54) is 0 Å². The van der Waals surface area contributed by atoms with Crippen LogP contribution in [0.5, 0.6) is 5.75 Å². The second kappa shape index (κ2) is 7.11. The summed E-state index contributed by atoms with van der Waals surface area (Å²) in [5.74, 6) is 0.842. The van der Waals surface area contributed by atoms with Crippen molar-refractivity contribution in [2.24, 2.45) is 0 Å². The summed E-state index contributed by atoms with van der Waals surface area (Å²) < 4.78 is 36.4. The van der Waals surface area contributed by atoms with Crippen molar-refractivity contribution < 1.29 is 13.2 Å². The fourth-order valence-electron chi connectivity index (χ4n) is 4.50. The van der Waals surface area contributed by atoms with E-state index in [1.54, 1.807) is 8.61 Å². The van der Waals surface area contributed by atoms with Crippen LogP contribution in [0.3, 0.4) is 0 Å². The molecule has 1 N–H and O–H groups in total. The van der Waals surface area contributed by atoms with E-state index in [9.17, 15) is 8.42 Å². The maximum atomic E-state index is 13.3. The van der Waals surface area contributed by atoms with Gasteiger partial charge in [-0.05, 0) is 51.6 Å². The van der Waals surface area contributed by atoms with Crippen molar-refractivity contribution in [3.63, 3.8) is 0 Å². The summed E-state index contributed by atoms with van der Waals surface area (Å²) in [5.41, 5.74) is 0.537. The van der Waals surface area contributed by atoms with Crippen molar-refractivity contribution in [2.45, 2.75) is 56.7 Å². The highest BCUT2D eigenvalue weighted by Crippen LogP contribution is 2.39. The van der Waals surface area contributed by atoms with E-state index in [0.29, 0.717) is 32.2 Å². The second-order valence-corrected chi connectivity index (χ2v) is 9.77. The van der Waals surface area contributed by atoms with Crippen LogP contribution in [0, 0.1) is 0 Å².